The van der Waals surface area contributed by atoms with Crippen molar-refractivity contribution in [3.05, 3.63) is 0 Å². The van der Waals surface area contributed by atoms with Crippen molar-refractivity contribution in [3.63, 3.8) is 0 Å². The molecule has 21 heteroatoms. The number of hydrogen-bond acceptors (Lipinski definition) is 16. The maximum Gasteiger partial charge on any atom is 4.00 e. The Labute approximate surface area is 457 Å². The summed E-state index contributed by atoms with van der Waals surface area (Å²) in [5, 5.41) is 0. The summed E-state index contributed by atoms with van der Waals surface area (Å²) in [7, 11) is -17.9. The first-order chi connectivity index (χ1) is 32.2. The molecule has 416 valence electrons. The molecule has 0 aromatic heterocycles. The van der Waals surface area contributed by atoms with E-state index in [2.05, 4.69) is 44.4 Å². The van der Waals surface area contributed by atoms with Crippen molar-refractivity contribution in [3.8, 4) is 0 Å². The molecule has 0 unspecified atom stereocenters. The first kappa shape index (κ1) is 78.7. The van der Waals surface area contributed by atoms with Gasteiger partial charge in [0.25, 0.3) is 0 Å². The molecule has 0 aromatic carbocycles. The van der Waals surface area contributed by atoms with Gasteiger partial charge in [0.15, 0.2) is 0 Å². The maximum absolute atomic E-state index is 10.1. The molecular weight excluding hydrogens is 1190 g/mol. The second-order valence-corrected chi connectivity index (χ2v) is 21.9. The SMILES string of the molecule is CCCCCCCCCCCCOS(=O)(=O)[O-].CCCCCCCCCCCCOS(=O)(=O)[O-].CCCCCCCCCCCCOS(=O)(=O)[O-].CCCCCCCCCCCCOS(=O)(=O)[O-].[Th+4]. The second-order valence-electron chi connectivity index (χ2n) is 17.6. The van der Waals surface area contributed by atoms with Crippen molar-refractivity contribution >= 4 is 41.6 Å². The van der Waals surface area contributed by atoms with Gasteiger partial charge in [-0.1, -0.05) is 259 Å². The van der Waals surface area contributed by atoms with Crippen LogP contribution in [-0.2, 0) is 58.3 Å². The summed E-state index contributed by atoms with van der Waals surface area (Å²) in [6, 6.07) is 0. The Morgan fingerprint density at radius 2 is 0.319 bits per heavy atom. The molecule has 16 nitrogen and oxygen atoms in total. The van der Waals surface area contributed by atoms with Crippen LogP contribution >= 0.6 is 0 Å². The fourth-order valence-electron chi connectivity index (χ4n) is 7.00. The maximum atomic E-state index is 10.1. The van der Waals surface area contributed by atoms with E-state index >= 15 is 0 Å². The molecular formula is C48H100O16S4Th. The van der Waals surface area contributed by atoms with Crippen LogP contribution in [0.2, 0.25) is 0 Å². The summed E-state index contributed by atoms with van der Waals surface area (Å²) in [5.41, 5.74) is 0. The van der Waals surface area contributed by atoms with Crippen LogP contribution in [-0.4, -0.2) is 78.3 Å². The largest absolute Gasteiger partial charge is 4.00 e. The molecule has 0 fully saturated rings. The van der Waals surface area contributed by atoms with Gasteiger partial charge in [0.1, 0.15) is 0 Å². The van der Waals surface area contributed by atoms with E-state index in [1.165, 1.54) is 180 Å². The van der Waals surface area contributed by atoms with E-state index in [1.807, 2.05) is 0 Å². The quantitative estimate of drug-likeness (QED) is 0.0311. The molecule has 0 spiro atoms. The number of rotatable bonds is 48. The Kier molecular flexibility index (Phi) is 68.1. The average Bonchev–Trinajstić information content (AvgIpc) is 3.25. The van der Waals surface area contributed by atoms with Crippen LogP contribution in [0.5, 0.6) is 0 Å². The summed E-state index contributed by atoms with van der Waals surface area (Å²) in [6.45, 7) is 8.97. The zero-order valence-corrected chi connectivity index (χ0v) is 51.2. The average molecular weight is 1290 g/mol. The van der Waals surface area contributed by atoms with Gasteiger partial charge >= 0.3 is 39.9 Å². The fraction of sp³-hybridized carbons (Fsp3) is 1.00. The predicted molar refractivity (Wildman–Crippen MR) is 270 cm³/mol. The van der Waals surface area contributed by atoms with E-state index in [1.54, 1.807) is 0 Å². The summed E-state index contributed by atoms with van der Waals surface area (Å²) < 4.78 is 138. The normalized spacial score (nSPS) is 11.7. The Balaban J connectivity index is -0.000000263. The van der Waals surface area contributed by atoms with Gasteiger partial charge in [-0.3, -0.25) is 16.7 Å². The van der Waals surface area contributed by atoms with Crippen molar-refractivity contribution < 1.29 is 109 Å². The van der Waals surface area contributed by atoms with E-state index in [-0.39, 0.29) is 66.4 Å². The van der Waals surface area contributed by atoms with Gasteiger partial charge in [-0.2, -0.15) is 0 Å². The minimum atomic E-state index is -4.48. The first-order valence-electron chi connectivity index (χ1n) is 26.6. The summed E-state index contributed by atoms with van der Waals surface area (Å²) in [5.74, 6) is 0. The Morgan fingerprint density at radius 1 is 0.217 bits per heavy atom. The van der Waals surface area contributed by atoms with Crippen LogP contribution in [0.3, 0.4) is 0 Å². The van der Waals surface area contributed by atoms with Crippen LogP contribution in [0.4, 0.5) is 0 Å². The van der Waals surface area contributed by atoms with Crippen LogP contribution < -0.4 is 0 Å². The fourth-order valence-corrected chi connectivity index (χ4v) is 8.29. The van der Waals surface area contributed by atoms with E-state index in [0.29, 0.717) is 25.7 Å². The molecule has 0 saturated heterocycles. The smallest absolute Gasteiger partial charge is 0.726 e. The standard InChI is InChI=1S/4C12H26O4S.Th/c4*1-2-3-4-5-6-7-8-9-10-11-12-16-17(13,14)15;/h4*2-12H2,1H3,(H,13,14,15);/q;;;;+4/p-4. The third-order valence-electron chi connectivity index (χ3n) is 10.9. The van der Waals surface area contributed by atoms with E-state index in [0.717, 1.165) is 51.4 Å². The van der Waals surface area contributed by atoms with Gasteiger partial charge in [-0.15, -0.1) is 0 Å². The summed E-state index contributed by atoms with van der Waals surface area (Å²) in [4.78, 5) is 0. The minimum Gasteiger partial charge on any atom is -0.726 e. The molecule has 0 aliphatic carbocycles. The number of unbranched alkanes of at least 4 members (excludes halogenated alkanes) is 36. The zero-order chi connectivity index (χ0) is 51.9. The second kappa shape index (κ2) is 59.7. The third kappa shape index (κ3) is 95.2. The van der Waals surface area contributed by atoms with Crippen molar-refractivity contribution in [2.75, 3.05) is 26.4 Å². The van der Waals surface area contributed by atoms with Crippen molar-refractivity contribution in [1.29, 1.82) is 0 Å². The van der Waals surface area contributed by atoms with Crippen LogP contribution in [0.1, 0.15) is 285 Å². The molecule has 69 heavy (non-hydrogen) atoms. The van der Waals surface area contributed by atoms with Gasteiger partial charge in [0.2, 0.25) is 41.6 Å². The molecule has 0 saturated carbocycles. The van der Waals surface area contributed by atoms with Crippen LogP contribution in [0.15, 0.2) is 0 Å². The number of hydrogen-bond donors (Lipinski definition) is 0. The van der Waals surface area contributed by atoms with E-state index in [9.17, 15) is 51.9 Å². The molecule has 0 N–H and O–H groups in total. The van der Waals surface area contributed by atoms with Gasteiger partial charge in [-0.25, -0.2) is 33.7 Å². The molecule has 0 aliphatic heterocycles. The Hall–Kier alpha value is 0.805. The predicted octanol–water partition coefficient (Wildman–Crippen LogP) is 13.5. The molecule has 0 bridgehead atoms. The third-order valence-corrected chi connectivity index (χ3v) is 12.7. The van der Waals surface area contributed by atoms with Gasteiger partial charge < -0.3 is 18.2 Å². The molecule has 0 atom stereocenters. The Morgan fingerprint density at radius 3 is 0.420 bits per heavy atom. The van der Waals surface area contributed by atoms with Crippen LogP contribution in [0, 0.1) is 39.9 Å². The topological polar surface area (TPSA) is 266 Å². The molecule has 0 rings (SSSR count). The van der Waals surface area contributed by atoms with Crippen molar-refractivity contribution in [2.24, 2.45) is 0 Å². The Bertz CT molecular complexity index is 1220. The van der Waals surface area contributed by atoms with Gasteiger partial charge in [0, 0.05) is 0 Å². The van der Waals surface area contributed by atoms with Gasteiger partial charge in [-0.05, 0) is 25.7 Å². The van der Waals surface area contributed by atoms with E-state index < -0.39 is 41.6 Å². The van der Waals surface area contributed by atoms with Crippen molar-refractivity contribution in [1.82, 2.24) is 0 Å². The summed E-state index contributed by atoms with van der Waals surface area (Å²) >= 11 is 0. The molecule has 0 aromatic rings. The molecule has 0 heterocycles. The molecule has 0 radical (unpaired) electrons. The summed E-state index contributed by atoms with van der Waals surface area (Å²) in [6.07, 6.45) is 46.8. The minimum absolute atomic E-state index is 0. The van der Waals surface area contributed by atoms with E-state index in [4.69, 9.17) is 0 Å². The van der Waals surface area contributed by atoms with Crippen molar-refractivity contribution in [2.45, 2.75) is 285 Å². The van der Waals surface area contributed by atoms with Crippen LogP contribution in [0.25, 0.3) is 0 Å². The molecule has 0 aliphatic rings. The zero-order valence-electron chi connectivity index (χ0n) is 43.8. The molecule has 0 amide bonds. The first-order valence-corrected chi connectivity index (χ1v) is 32.0. The van der Waals surface area contributed by atoms with Gasteiger partial charge in [0.05, 0.1) is 26.4 Å². The monoisotopic (exact) mass is 1290 g/mol.